The van der Waals surface area contributed by atoms with Crippen LogP contribution in [0.1, 0.15) is 6.92 Å². The molecule has 0 aliphatic heterocycles. The van der Waals surface area contributed by atoms with Gasteiger partial charge < -0.3 is 40.3 Å². The zero-order valence-corrected chi connectivity index (χ0v) is 54.0. The molecule has 31 nitrogen and oxygen atoms in total. The van der Waals surface area contributed by atoms with Crippen LogP contribution in [0.4, 0.5) is 51.2 Å². The average molecular weight is 1200 g/mol. The van der Waals surface area contributed by atoms with E-state index >= 15 is 0 Å². The van der Waals surface area contributed by atoms with E-state index in [-0.39, 0.29) is 166 Å². The van der Waals surface area contributed by atoms with Gasteiger partial charge in [-0.1, -0.05) is 0 Å². The zero-order chi connectivity index (χ0) is 51.0. The molecule has 0 saturated carbocycles. The summed E-state index contributed by atoms with van der Waals surface area (Å²) in [4.78, 5) is 6.25. The van der Waals surface area contributed by atoms with Gasteiger partial charge in [0, 0.05) is 12.6 Å². The molecular formula is C30H26N9Na5O22S7. The summed E-state index contributed by atoms with van der Waals surface area (Å²) in [5.41, 5.74) is 6.52. The maximum Gasteiger partial charge on any atom is 1.00 e. The van der Waals surface area contributed by atoms with E-state index in [0.717, 1.165) is 43.3 Å². The fourth-order valence-corrected chi connectivity index (χ4v) is 9.97. The minimum atomic E-state index is -5.65. The third-order valence-electron chi connectivity index (χ3n) is 7.91. The van der Waals surface area contributed by atoms with Crippen LogP contribution in [0.5, 0.6) is 0 Å². The molecule has 43 heteroatoms. The number of carbonyl (C=O) groups is 1. The number of nitrogen functional groups attached to an aromatic ring is 2. The molecule has 370 valence electrons. The van der Waals surface area contributed by atoms with Crippen molar-refractivity contribution in [3.8, 4) is 0 Å². The summed E-state index contributed by atoms with van der Waals surface area (Å²) in [6.07, 6.45) is 0. The van der Waals surface area contributed by atoms with Crippen molar-refractivity contribution >= 4 is 130 Å². The van der Waals surface area contributed by atoms with Crippen molar-refractivity contribution in [2.24, 2.45) is 30.7 Å². The summed E-state index contributed by atoms with van der Waals surface area (Å²) in [6.45, 7) is -0.763. The quantitative estimate of drug-likeness (QED) is 0.00757. The summed E-state index contributed by atoms with van der Waals surface area (Å²) >= 11 is -0.0270. The number of benzene rings is 4. The molecule has 0 spiro atoms. The SMILES string of the molecule is CC(=O)Nc1ccc(N=Nc2cc(N=Nc3ccc(S(=O)(=O)CCOSOO[O-])cc3S(=O)(=O)[O-])c(N)c(N=Nc3ccc(S(=O)(=O)CCOS(=O)(=O)[O-])cc3S(=O)(=O)[O-])c2N)c(S(=O)(=O)[O-])c1.[Na+].[Na+].[Na+].[Na+].[Na+]. The average Bonchev–Trinajstić information content (AvgIpc) is 3.21. The normalized spacial score (nSPS) is 12.3. The van der Waals surface area contributed by atoms with Crippen LogP contribution >= 0.6 is 12.3 Å². The van der Waals surface area contributed by atoms with Crippen molar-refractivity contribution in [3.05, 3.63) is 60.7 Å². The molecule has 0 heterocycles. The number of amides is 1. The molecule has 0 atom stereocenters. The minimum absolute atomic E-state index is 0. The molecule has 5 N–H and O–H groups in total. The second-order valence-electron chi connectivity index (χ2n) is 12.6. The van der Waals surface area contributed by atoms with Crippen molar-refractivity contribution in [2.45, 2.75) is 31.4 Å². The van der Waals surface area contributed by atoms with Crippen LogP contribution in [0.15, 0.2) is 116 Å². The van der Waals surface area contributed by atoms with E-state index in [1.807, 2.05) is 0 Å². The Morgan fingerprint density at radius 1 is 0.562 bits per heavy atom. The van der Waals surface area contributed by atoms with E-state index in [1.54, 1.807) is 0 Å². The van der Waals surface area contributed by atoms with Crippen LogP contribution in [-0.2, 0) is 83.0 Å². The Morgan fingerprint density at radius 3 is 1.34 bits per heavy atom. The Morgan fingerprint density at radius 2 is 0.945 bits per heavy atom. The molecule has 1 amide bonds. The van der Waals surface area contributed by atoms with Crippen LogP contribution in [0.25, 0.3) is 0 Å². The third kappa shape index (κ3) is 22.6. The number of nitrogens with zero attached hydrogens (tertiary/aromatic N) is 6. The van der Waals surface area contributed by atoms with Gasteiger partial charge in [-0.05, 0) is 60.7 Å². The zero-order valence-electron chi connectivity index (χ0n) is 38.3. The van der Waals surface area contributed by atoms with E-state index in [4.69, 9.17) is 11.5 Å². The molecule has 0 fully saturated rings. The molecule has 73 heavy (non-hydrogen) atoms. The van der Waals surface area contributed by atoms with E-state index < -0.39 is 161 Å². The number of nitrogens with two attached hydrogens (primary N) is 2. The number of anilines is 3. The Hall–Kier alpha value is -0.560. The van der Waals surface area contributed by atoms with Gasteiger partial charge >= 0.3 is 148 Å². The van der Waals surface area contributed by atoms with Crippen LogP contribution in [0.2, 0.25) is 0 Å². The number of hydrogen-bond donors (Lipinski definition) is 3. The summed E-state index contributed by atoms with van der Waals surface area (Å²) in [5.74, 6) is -2.70. The first-order chi connectivity index (χ1) is 31.3. The largest absolute Gasteiger partial charge is 1.00 e. The minimum Gasteiger partial charge on any atom is -0.744 e. The second-order valence-corrected chi connectivity index (χ2v) is 22.4. The fraction of sp³-hybridized carbons (Fsp3) is 0.167. The van der Waals surface area contributed by atoms with Crippen molar-refractivity contribution in [3.63, 3.8) is 0 Å². The number of sulfone groups is 2. The smallest absolute Gasteiger partial charge is 0.744 e. The first-order valence-corrected chi connectivity index (χ1v) is 26.7. The number of rotatable bonds is 22. The van der Waals surface area contributed by atoms with Gasteiger partial charge in [-0.2, -0.15) is 0 Å². The van der Waals surface area contributed by atoms with Gasteiger partial charge in [0.15, 0.2) is 32.0 Å². The maximum absolute atomic E-state index is 12.8. The Labute approximate surface area is 530 Å². The molecule has 0 radical (unpaired) electrons. The van der Waals surface area contributed by atoms with Gasteiger partial charge in [0.1, 0.15) is 64.5 Å². The number of nitrogens with one attached hydrogen (secondary N) is 1. The summed E-state index contributed by atoms with van der Waals surface area (Å²) in [6, 6.07) is 7.19. The number of azo groups is 3. The van der Waals surface area contributed by atoms with E-state index in [1.165, 1.54) is 0 Å². The third-order valence-corrected chi connectivity index (χ3v) is 14.7. The molecule has 0 saturated heterocycles. The van der Waals surface area contributed by atoms with Gasteiger partial charge in [-0.15, -0.1) is 35.0 Å². The second kappa shape index (κ2) is 31.3. The van der Waals surface area contributed by atoms with E-state index in [0.29, 0.717) is 24.3 Å². The van der Waals surface area contributed by atoms with E-state index in [9.17, 15) is 78.8 Å². The Balaban J connectivity index is 0. The van der Waals surface area contributed by atoms with Crippen molar-refractivity contribution in [2.75, 3.05) is 41.5 Å². The molecule has 4 aromatic rings. The summed E-state index contributed by atoms with van der Waals surface area (Å²) in [7, 11) is -31.0. The van der Waals surface area contributed by atoms with Gasteiger partial charge in [-0.25, -0.2) is 50.5 Å². The molecule has 0 bridgehead atoms. The Kier molecular flexibility index (Phi) is 31.9. The van der Waals surface area contributed by atoms with Crippen molar-refractivity contribution in [1.82, 2.24) is 0 Å². The van der Waals surface area contributed by atoms with Crippen LogP contribution in [-0.4, -0.2) is 99.3 Å². The predicted octanol–water partition coefficient (Wildman–Crippen LogP) is -13.4. The fourth-order valence-electron chi connectivity index (χ4n) is 4.98. The summed E-state index contributed by atoms with van der Waals surface area (Å²) in [5, 5.41) is 37.5. The molecular weight excluding hydrogens is 1180 g/mol. The molecule has 0 aromatic heterocycles. The monoisotopic (exact) mass is 1200 g/mol. The van der Waals surface area contributed by atoms with Crippen molar-refractivity contribution < 1.29 is 244 Å². The van der Waals surface area contributed by atoms with Gasteiger partial charge in [0.25, 0.3) is 0 Å². The van der Waals surface area contributed by atoms with Crippen LogP contribution in [0.3, 0.4) is 0 Å². The summed E-state index contributed by atoms with van der Waals surface area (Å²) < 4.78 is 206. The maximum atomic E-state index is 12.8. The predicted molar refractivity (Wildman–Crippen MR) is 221 cm³/mol. The first-order valence-electron chi connectivity index (χ1n) is 17.2. The van der Waals surface area contributed by atoms with E-state index in [2.05, 4.69) is 53.7 Å². The van der Waals surface area contributed by atoms with Gasteiger partial charge in [0.05, 0.1) is 60.6 Å². The van der Waals surface area contributed by atoms with Gasteiger partial charge in [0.2, 0.25) is 16.3 Å². The molecule has 4 aromatic carbocycles. The number of carbonyl (C=O) groups excluding carboxylic acids is 1. The standard InChI is InChI=1S/C30H31N9O22S7.5Na/c1-16(40)33-17-2-5-20(25(12-17)65(46,47)48)34-37-23-15-24(38-35-21-6-3-18(13-26(21)66(49,50)51)63(42,43)10-8-58-62-61-60-41)29(32)30(28(23)31)39-36-22-7-4-19(14-27(22)67(52,53)54)64(44,45)11-9-59-68(55,56)57;;;;;/h2-7,12-15,41H,8-11,31-32H2,1H3,(H,33,40)(H,46,47,48)(H,49,50,51)(H,52,53,54)(H,55,56,57);;;;;/q;5*+1/p-5. The molecule has 4 rings (SSSR count). The topological polar surface area (TPSA) is 512 Å². The van der Waals surface area contributed by atoms with Crippen molar-refractivity contribution in [1.29, 1.82) is 0 Å². The Bertz CT molecular complexity index is 3430. The van der Waals surface area contributed by atoms with Gasteiger partial charge in [-0.3, -0.25) is 18.2 Å². The van der Waals surface area contributed by atoms with Crippen LogP contribution < -0.4 is 170 Å². The molecule has 0 unspecified atom stereocenters. The molecule has 0 aliphatic rings. The molecule has 0 aliphatic carbocycles. The first kappa shape index (κ1) is 74.5. The van der Waals surface area contributed by atoms with Crippen LogP contribution in [0, 0.1) is 0 Å². The number of hydrogen-bond acceptors (Lipinski definition) is 31.